The number of benzene rings is 1. The minimum absolute atomic E-state index is 0.149. The summed E-state index contributed by atoms with van der Waals surface area (Å²) >= 11 is 1.24. The number of aliphatic hydroxyl groups is 2. The third-order valence-corrected chi connectivity index (χ3v) is 7.43. The number of hydrogen-bond donors (Lipinski definition) is 2. The molecule has 1 saturated heterocycles. The van der Waals surface area contributed by atoms with Crippen LogP contribution in [0, 0.1) is 0 Å². The van der Waals surface area contributed by atoms with Crippen LogP contribution < -0.4 is 4.74 Å². The molecule has 0 amide bonds. The average molecular weight is 528 g/mol. The lowest BCUT2D eigenvalue weighted by atomic mass is 9.93. The highest BCUT2D eigenvalue weighted by Crippen LogP contribution is 2.49. The predicted molar refractivity (Wildman–Crippen MR) is 147 cm³/mol. The standard InChI is InChI=1S/C29H37NO6S/c1-5-13-33-20-25-27(35-14-6-2)26(31)28(36-15-7-3)29(32,37-25)23-17-22(18-30-19-23)16-21-9-11-24(12-10-21)34-8-4/h5-7,9-12,17-19,25-28,31-32H,1-3,8,13-16,20H2,4H3/t25-,26+,27-,28-,29?/m1/s1. The van der Waals surface area contributed by atoms with E-state index in [9.17, 15) is 10.2 Å². The van der Waals surface area contributed by atoms with Crippen molar-refractivity contribution < 1.29 is 29.2 Å². The van der Waals surface area contributed by atoms with Crippen molar-refractivity contribution in [3.63, 3.8) is 0 Å². The molecule has 1 aromatic heterocycles. The second kappa shape index (κ2) is 14.5. The maximum absolute atomic E-state index is 12.1. The highest BCUT2D eigenvalue weighted by atomic mass is 32.2. The SMILES string of the molecule is C=CCOC[C@H]1SC(O)(c2cncc(Cc3ccc(OCC)cc3)c2)[C@H](OCC=C)[C@@H](O)[C@@H]1OCC=C. The first-order chi connectivity index (χ1) is 18.0. The molecule has 3 rings (SSSR count). The molecule has 0 bridgehead atoms. The summed E-state index contributed by atoms with van der Waals surface area (Å²) in [6, 6.07) is 9.80. The Morgan fingerprint density at radius 2 is 1.70 bits per heavy atom. The average Bonchev–Trinajstić information content (AvgIpc) is 2.90. The molecule has 0 aliphatic carbocycles. The summed E-state index contributed by atoms with van der Waals surface area (Å²) in [5.41, 5.74) is 2.53. The first-order valence-electron chi connectivity index (χ1n) is 12.3. The van der Waals surface area contributed by atoms with E-state index in [4.69, 9.17) is 18.9 Å². The van der Waals surface area contributed by atoms with Gasteiger partial charge in [0.15, 0.2) is 4.93 Å². The predicted octanol–water partition coefficient (Wildman–Crippen LogP) is 4.04. The normalized spacial score (nSPS) is 25.4. The van der Waals surface area contributed by atoms with Gasteiger partial charge in [-0.05, 0) is 42.7 Å². The number of nitrogens with zero attached hydrogens (tertiary/aromatic N) is 1. The van der Waals surface area contributed by atoms with Crippen LogP contribution in [-0.4, -0.2) is 71.8 Å². The highest BCUT2D eigenvalue weighted by molar-refractivity contribution is 8.00. The second-order valence-electron chi connectivity index (χ2n) is 8.63. The molecule has 8 heteroatoms. The third kappa shape index (κ3) is 7.54. The Morgan fingerprint density at radius 3 is 2.38 bits per heavy atom. The van der Waals surface area contributed by atoms with Crippen LogP contribution in [0.1, 0.15) is 23.6 Å². The minimum atomic E-state index is -1.61. The van der Waals surface area contributed by atoms with Crippen LogP contribution in [-0.2, 0) is 25.6 Å². The molecule has 1 aliphatic rings. The third-order valence-electron chi connectivity index (χ3n) is 5.90. The van der Waals surface area contributed by atoms with Crippen molar-refractivity contribution in [1.29, 1.82) is 0 Å². The quantitative estimate of drug-likeness (QED) is 0.265. The summed E-state index contributed by atoms with van der Waals surface area (Å²) in [5.74, 6) is 0.820. The van der Waals surface area contributed by atoms with Crippen molar-refractivity contribution in [2.45, 2.75) is 41.8 Å². The first-order valence-corrected chi connectivity index (χ1v) is 13.2. The Hall–Kier alpha value is -2.46. The van der Waals surface area contributed by atoms with Gasteiger partial charge in [0.05, 0.1) is 38.3 Å². The summed E-state index contributed by atoms with van der Waals surface area (Å²) in [7, 11) is 0. The number of aliphatic hydroxyl groups excluding tert-OH is 1. The van der Waals surface area contributed by atoms with E-state index in [0.717, 1.165) is 16.9 Å². The van der Waals surface area contributed by atoms with Crippen LogP contribution in [0.15, 0.2) is 80.7 Å². The van der Waals surface area contributed by atoms with Crippen LogP contribution in [0.4, 0.5) is 0 Å². The number of rotatable bonds is 15. The molecule has 2 heterocycles. The molecule has 37 heavy (non-hydrogen) atoms. The zero-order valence-corrected chi connectivity index (χ0v) is 22.1. The molecule has 0 spiro atoms. The van der Waals surface area contributed by atoms with E-state index in [1.165, 1.54) is 11.8 Å². The molecular formula is C29H37NO6S. The van der Waals surface area contributed by atoms with Gasteiger partial charge in [-0.15, -0.1) is 31.5 Å². The largest absolute Gasteiger partial charge is 0.494 e. The summed E-state index contributed by atoms with van der Waals surface area (Å²) in [4.78, 5) is 2.80. The summed E-state index contributed by atoms with van der Waals surface area (Å²) in [5, 5.41) is 23.1. The van der Waals surface area contributed by atoms with E-state index in [1.54, 1.807) is 30.6 Å². The molecule has 0 saturated carbocycles. The van der Waals surface area contributed by atoms with E-state index in [1.807, 2.05) is 37.3 Å². The van der Waals surface area contributed by atoms with E-state index in [0.29, 0.717) is 25.2 Å². The van der Waals surface area contributed by atoms with E-state index in [2.05, 4.69) is 24.7 Å². The van der Waals surface area contributed by atoms with Gasteiger partial charge >= 0.3 is 0 Å². The molecule has 1 fully saturated rings. The van der Waals surface area contributed by atoms with Gasteiger partial charge in [-0.2, -0.15) is 0 Å². The topological polar surface area (TPSA) is 90.3 Å². The first kappa shape index (κ1) is 29.1. The van der Waals surface area contributed by atoms with Gasteiger partial charge in [0.1, 0.15) is 24.1 Å². The molecule has 7 nitrogen and oxygen atoms in total. The fourth-order valence-electron chi connectivity index (χ4n) is 4.27. The van der Waals surface area contributed by atoms with Crippen LogP contribution in [0.2, 0.25) is 0 Å². The Kier molecular flexibility index (Phi) is 11.4. The Balaban J connectivity index is 1.92. The zero-order valence-electron chi connectivity index (χ0n) is 21.3. The van der Waals surface area contributed by atoms with E-state index in [-0.39, 0.29) is 19.8 Å². The number of aromatic nitrogens is 1. The molecule has 200 valence electrons. The molecule has 1 unspecified atom stereocenters. The van der Waals surface area contributed by atoms with Crippen molar-refractivity contribution in [3.05, 3.63) is 97.4 Å². The fraction of sp³-hybridized carbons (Fsp3) is 0.414. The summed E-state index contributed by atoms with van der Waals surface area (Å²) in [6.45, 7) is 14.6. The zero-order chi connectivity index (χ0) is 26.7. The monoisotopic (exact) mass is 527 g/mol. The maximum atomic E-state index is 12.1. The van der Waals surface area contributed by atoms with E-state index < -0.39 is 28.5 Å². The molecule has 2 aromatic rings. The molecular weight excluding hydrogens is 490 g/mol. The van der Waals surface area contributed by atoms with Gasteiger partial charge in [0.2, 0.25) is 0 Å². The van der Waals surface area contributed by atoms with Gasteiger partial charge in [-0.1, -0.05) is 30.4 Å². The van der Waals surface area contributed by atoms with Gasteiger partial charge in [-0.25, -0.2) is 0 Å². The Bertz CT molecular complexity index is 1010. The lowest BCUT2D eigenvalue weighted by molar-refractivity contribution is -0.164. The van der Waals surface area contributed by atoms with Crippen molar-refractivity contribution in [2.75, 3.05) is 33.0 Å². The number of hydrogen-bond acceptors (Lipinski definition) is 8. The van der Waals surface area contributed by atoms with Gasteiger partial charge in [0.25, 0.3) is 0 Å². The van der Waals surface area contributed by atoms with E-state index >= 15 is 0 Å². The number of ether oxygens (including phenoxy) is 4. The van der Waals surface area contributed by atoms with Crippen molar-refractivity contribution >= 4 is 11.8 Å². The van der Waals surface area contributed by atoms with Crippen molar-refractivity contribution in [1.82, 2.24) is 4.98 Å². The smallest absolute Gasteiger partial charge is 0.166 e. The van der Waals surface area contributed by atoms with Crippen LogP contribution >= 0.6 is 11.8 Å². The van der Waals surface area contributed by atoms with Crippen molar-refractivity contribution in [2.24, 2.45) is 0 Å². The molecule has 2 N–H and O–H groups in total. The summed E-state index contributed by atoms with van der Waals surface area (Å²) < 4.78 is 23.1. The van der Waals surface area contributed by atoms with Crippen molar-refractivity contribution in [3.8, 4) is 5.75 Å². The van der Waals surface area contributed by atoms with Crippen LogP contribution in [0.3, 0.4) is 0 Å². The maximum Gasteiger partial charge on any atom is 0.166 e. The molecule has 0 radical (unpaired) electrons. The molecule has 1 aromatic carbocycles. The minimum Gasteiger partial charge on any atom is -0.494 e. The second-order valence-corrected chi connectivity index (χ2v) is 10.1. The Labute approximate surface area is 223 Å². The summed E-state index contributed by atoms with van der Waals surface area (Å²) in [6.07, 6.45) is 6.06. The molecule has 5 atom stereocenters. The van der Waals surface area contributed by atoms with Gasteiger partial charge in [-0.3, -0.25) is 4.98 Å². The fourth-order valence-corrected chi connectivity index (χ4v) is 5.86. The Morgan fingerprint density at radius 1 is 1.00 bits per heavy atom. The number of pyridine rings is 1. The van der Waals surface area contributed by atoms with Gasteiger partial charge in [0, 0.05) is 18.0 Å². The molecule has 1 aliphatic heterocycles. The lowest BCUT2D eigenvalue weighted by Crippen LogP contribution is -2.60. The number of thioether (sulfide) groups is 1. The van der Waals surface area contributed by atoms with Crippen LogP contribution in [0.5, 0.6) is 5.75 Å². The van der Waals surface area contributed by atoms with Gasteiger partial charge < -0.3 is 29.2 Å². The lowest BCUT2D eigenvalue weighted by Gasteiger charge is -2.48. The van der Waals surface area contributed by atoms with Crippen LogP contribution in [0.25, 0.3) is 0 Å². The highest BCUT2D eigenvalue weighted by Gasteiger charge is 2.55.